The molecular formula is C35H38FN3O6S. The highest BCUT2D eigenvalue weighted by Gasteiger charge is 2.36. The van der Waals surface area contributed by atoms with Crippen LogP contribution in [-0.2, 0) is 32.6 Å². The zero-order valence-corrected chi connectivity index (χ0v) is 27.0. The van der Waals surface area contributed by atoms with Gasteiger partial charge in [-0.15, -0.1) is 0 Å². The molecule has 0 fully saturated rings. The minimum Gasteiger partial charge on any atom is -0.497 e. The molecule has 1 N–H and O–H groups in total. The second kappa shape index (κ2) is 15.4. The van der Waals surface area contributed by atoms with Gasteiger partial charge in [-0.05, 0) is 61.4 Å². The number of hydrogen-bond acceptors (Lipinski definition) is 6. The van der Waals surface area contributed by atoms with E-state index in [9.17, 15) is 22.4 Å². The van der Waals surface area contributed by atoms with E-state index in [0.29, 0.717) is 11.3 Å². The molecule has 4 rings (SSSR count). The second-order valence-electron chi connectivity index (χ2n) is 10.9. The fraction of sp³-hybridized carbons (Fsp3) is 0.257. The monoisotopic (exact) mass is 647 g/mol. The number of rotatable bonds is 14. The van der Waals surface area contributed by atoms with Crippen LogP contribution < -0.4 is 19.1 Å². The van der Waals surface area contributed by atoms with Crippen molar-refractivity contribution < 1.29 is 31.9 Å². The smallest absolute Gasteiger partial charge is 0.264 e. The highest BCUT2D eigenvalue weighted by atomic mass is 32.2. The predicted molar refractivity (Wildman–Crippen MR) is 175 cm³/mol. The Kier molecular flexibility index (Phi) is 11.4. The number of benzene rings is 4. The van der Waals surface area contributed by atoms with Crippen LogP contribution in [0.4, 0.5) is 10.1 Å². The van der Waals surface area contributed by atoms with E-state index >= 15 is 0 Å². The van der Waals surface area contributed by atoms with Gasteiger partial charge in [0.15, 0.2) is 0 Å². The summed E-state index contributed by atoms with van der Waals surface area (Å²) in [4.78, 5) is 29.6. The van der Waals surface area contributed by atoms with Crippen LogP contribution in [0.15, 0.2) is 108 Å². The molecule has 0 aliphatic rings. The first kappa shape index (κ1) is 34.0. The average Bonchev–Trinajstić information content (AvgIpc) is 3.06. The highest BCUT2D eigenvalue weighted by Crippen LogP contribution is 2.36. The van der Waals surface area contributed by atoms with Crippen LogP contribution in [0.5, 0.6) is 11.5 Å². The van der Waals surface area contributed by atoms with Crippen molar-refractivity contribution in [1.82, 2.24) is 10.2 Å². The van der Waals surface area contributed by atoms with Gasteiger partial charge in [-0.3, -0.25) is 13.9 Å². The number of nitrogens with zero attached hydrogens (tertiary/aromatic N) is 2. The number of anilines is 1. The van der Waals surface area contributed by atoms with Crippen molar-refractivity contribution in [3.8, 4) is 11.5 Å². The van der Waals surface area contributed by atoms with Crippen molar-refractivity contribution in [2.75, 3.05) is 25.1 Å². The molecule has 0 aromatic heterocycles. The van der Waals surface area contributed by atoms with Crippen LogP contribution in [0.1, 0.15) is 25.0 Å². The van der Waals surface area contributed by atoms with E-state index < -0.39 is 40.2 Å². The second-order valence-corrected chi connectivity index (χ2v) is 12.7. The lowest BCUT2D eigenvalue weighted by Gasteiger charge is -2.34. The first-order valence-electron chi connectivity index (χ1n) is 14.7. The first-order valence-corrected chi connectivity index (χ1v) is 16.2. The van der Waals surface area contributed by atoms with Gasteiger partial charge in [0.2, 0.25) is 11.8 Å². The summed E-state index contributed by atoms with van der Waals surface area (Å²) in [6.07, 6.45) is 0.153. The lowest BCUT2D eigenvalue weighted by molar-refractivity contribution is -0.140. The van der Waals surface area contributed by atoms with Gasteiger partial charge in [0, 0.05) is 25.1 Å². The molecule has 0 bridgehead atoms. The Morgan fingerprint density at radius 2 is 1.46 bits per heavy atom. The molecule has 242 valence electrons. The number of amides is 2. The van der Waals surface area contributed by atoms with Gasteiger partial charge in [-0.25, -0.2) is 12.8 Å². The fourth-order valence-electron chi connectivity index (χ4n) is 4.95. The quantitative estimate of drug-likeness (QED) is 0.202. The van der Waals surface area contributed by atoms with Gasteiger partial charge in [-0.1, -0.05) is 60.7 Å². The molecule has 9 nitrogen and oxygen atoms in total. The molecule has 0 aliphatic heterocycles. The normalized spacial score (nSPS) is 11.9. The molecule has 4 aromatic rings. The van der Waals surface area contributed by atoms with Crippen molar-refractivity contribution in [3.63, 3.8) is 0 Å². The molecule has 0 spiro atoms. The molecule has 0 aliphatic carbocycles. The number of nitrogens with one attached hydrogen (secondary N) is 1. The van der Waals surface area contributed by atoms with Gasteiger partial charge in [-0.2, -0.15) is 0 Å². The topological polar surface area (TPSA) is 105 Å². The first-order chi connectivity index (χ1) is 22.0. The number of ether oxygens (including phenoxy) is 2. The van der Waals surface area contributed by atoms with Crippen molar-refractivity contribution in [2.24, 2.45) is 0 Å². The molecule has 0 saturated heterocycles. The molecule has 46 heavy (non-hydrogen) atoms. The van der Waals surface area contributed by atoms with Crippen LogP contribution in [0, 0.1) is 5.82 Å². The summed E-state index contributed by atoms with van der Waals surface area (Å²) in [5, 5.41) is 2.91. The van der Waals surface area contributed by atoms with Gasteiger partial charge < -0.3 is 19.7 Å². The third-order valence-electron chi connectivity index (χ3n) is 7.23. The fourth-order valence-corrected chi connectivity index (χ4v) is 6.38. The summed E-state index contributed by atoms with van der Waals surface area (Å²) in [5.41, 5.74) is 1.43. The summed E-state index contributed by atoms with van der Waals surface area (Å²) in [7, 11) is -1.50. The van der Waals surface area contributed by atoms with E-state index in [1.54, 1.807) is 30.3 Å². The number of methoxy groups -OCH3 is 2. The Morgan fingerprint density at radius 3 is 2.04 bits per heavy atom. The Labute approximate surface area is 269 Å². The Bertz CT molecular complexity index is 1720. The third-order valence-corrected chi connectivity index (χ3v) is 9.01. The maximum Gasteiger partial charge on any atom is 0.264 e. The molecule has 0 heterocycles. The van der Waals surface area contributed by atoms with Crippen molar-refractivity contribution >= 4 is 27.5 Å². The van der Waals surface area contributed by atoms with E-state index in [0.717, 1.165) is 9.87 Å². The van der Waals surface area contributed by atoms with Crippen LogP contribution in [0.25, 0.3) is 0 Å². The summed E-state index contributed by atoms with van der Waals surface area (Å²) < 4.78 is 54.2. The summed E-state index contributed by atoms with van der Waals surface area (Å²) in [6, 6.07) is 25.9. The number of sulfonamides is 1. The Hall–Kier alpha value is -4.90. The molecule has 4 aromatic carbocycles. The van der Waals surface area contributed by atoms with Crippen molar-refractivity contribution in [1.29, 1.82) is 0 Å². The van der Waals surface area contributed by atoms with E-state index in [-0.39, 0.29) is 35.3 Å². The van der Waals surface area contributed by atoms with E-state index in [2.05, 4.69) is 5.32 Å². The van der Waals surface area contributed by atoms with Crippen LogP contribution in [0.2, 0.25) is 0 Å². The molecule has 11 heteroatoms. The maximum atomic E-state index is 14.5. The lowest BCUT2D eigenvalue weighted by atomic mass is 10.0. The lowest BCUT2D eigenvalue weighted by Crippen LogP contribution is -2.54. The van der Waals surface area contributed by atoms with Crippen LogP contribution in [-0.4, -0.2) is 58.0 Å². The van der Waals surface area contributed by atoms with Crippen LogP contribution >= 0.6 is 0 Å². The van der Waals surface area contributed by atoms with Gasteiger partial charge in [0.1, 0.15) is 29.9 Å². The number of carbonyl (C=O) groups excluding carboxylic acids is 2. The summed E-state index contributed by atoms with van der Waals surface area (Å²) in [5.74, 6) is -0.987. The standard InChI is InChI=1S/C35H38FN3O6S/c1-25(2)37-35(41)32(21-26-11-7-5-8-12-26)38(23-27-15-17-28(36)18-16-27)34(40)24-39(46(42,43)30-13-9-6-10-14-30)31-22-29(44-3)19-20-33(31)45-4/h5-20,22,25,32H,21,23-24H2,1-4H3,(H,37,41)/t32-/m0/s1. The Morgan fingerprint density at radius 1 is 0.826 bits per heavy atom. The number of carbonyl (C=O) groups is 2. The minimum absolute atomic E-state index is 0.0452. The molecule has 1 atom stereocenters. The zero-order valence-electron chi connectivity index (χ0n) is 26.2. The van der Waals surface area contributed by atoms with Gasteiger partial charge in [0.25, 0.3) is 10.0 Å². The van der Waals surface area contributed by atoms with E-state index in [1.807, 2.05) is 44.2 Å². The van der Waals surface area contributed by atoms with Crippen LogP contribution in [0.3, 0.4) is 0 Å². The predicted octanol–water partition coefficient (Wildman–Crippen LogP) is 5.20. The third kappa shape index (κ3) is 8.42. The SMILES string of the molecule is COc1ccc(OC)c(N(CC(=O)N(Cc2ccc(F)cc2)[C@@H](Cc2ccccc2)C(=O)NC(C)C)S(=O)(=O)c2ccccc2)c1. The van der Waals surface area contributed by atoms with Gasteiger partial charge >= 0.3 is 0 Å². The van der Waals surface area contributed by atoms with Crippen molar-refractivity contribution in [3.05, 3.63) is 120 Å². The van der Waals surface area contributed by atoms with E-state index in [1.165, 1.54) is 61.6 Å². The largest absolute Gasteiger partial charge is 0.497 e. The molecule has 0 unspecified atom stereocenters. The number of halogens is 1. The molecule has 0 saturated carbocycles. The average molecular weight is 648 g/mol. The van der Waals surface area contributed by atoms with Crippen molar-refractivity contribution in [2.45, 2.75) is 43.8 Å². The van der Waals surface area contributed by atoms with Gasteiger partial charge in [0.05, 0.1) is 24.8 Å². The molecule has 0 radical (unpaired) electrons. The molecular weight excluding hydrogens is 609 g/mol. The Balaban J connectivity index is 1.86. The minimum atomic E-state index is -4.34. The summed E-state index contributed by atoms with van der Waals surface area (Å²) >= 11 is 0. The van der Waals surface area contributed by atoms with E-state index in [4.69, 9.17) is 9.47 Å². The highest BCUT2D eigenvalue weighted by molar-refractivity contribution is 7.92. The molecule has 2 amide bonds. The maximum absolute atomic E-state index is 14.5. The summed E-state index contributed by atoms with van der Waals surface area (Å²) in [6.45, 7) is 2.86. The zero-order chi connectivity index (χ0) is 33.3. The number of hydrogen-bond donors (Lipinski definition) is 1.